The lowest BCUT2D eigenvalue weighted by atomic mass is 10.1. The first kappa shape index (κ1) is 25.7. The Labute approximate surface area is 179 Å². The van der Waals surface area contributed by atoms with Gasteiger partial charge in [0, 0.05) is 37.6 Å². The Morgan fingerprint density at radius 3 is 1.07 bits per heavy atom. The molecule has 0 fully saturated rings. The number of hydrogen-bond donors (Lipinski definition) is 0. The fourth-order valence-corrected chi connectivity index (χ4v) is 2.48. The van der Waals surface area contributed by atoms with Gasteiger partial charge in [-0.05, 0) is 27.7 Å². The Morgan fingerprint density at radius 1 is 0.567 bits per heavy atom. The Balaban J connectivity index is 0.000000300. The summed E-state index contributed by atoms with van der Waals surface area (Å²) in [5.41, 5.74) is 1.23. The van der Waals surface area contributed by atoms with Crippen LogP contribution in [0.4, 0.5) is 0 Å². The monoisotopic (exact) mass is 416 g/mol. The van der Waals surface area contributed by atoms with Gasteiger partial charge in [-0.25, -0.2) is 0 Å². The standard InChI is InChI=1S/2C12H16O3/c2*1-3-14-12(15-4-2)11(13)10-8-6-5-7-9-10/h2*5-9,12H,3-4H2,1-2H3. The molecule has 0 heterocycles. The Morgan fingerprint density at radius 2 is 0.833 bits per heavy atom. The van der Waals surface area contributed by atoms with Gasteiger partial charge in [0.25, 0.3) is 0 Å². The molecule has 0 spiro atoms. The normalized spacial score (nSPS) is 10.6. The van der Waals surface area contributed by atoms with Gasteiger partial charge in [-0.1, -0.05) is 60.7 Å². The summed E-state index contributed by atoms with van der Waals surface area (Å²) >= 11 is 0. The number of ether oxygens (including phenoxy) is 4. The van der Waals surface area contributed by atoms with Crippen LogP contribution in [0.25, 0.3) is 0 Å². The maximum atomic E-state index is 11.9. The zero-order valence-corrected chi connectivity index (χ0v) is 18.2. The van der Waals surface area contributed by atoms with Gasteiger partial charge >= 0.3 is 0 Å². The summed E-state index contributed by atoms with van der Waals surface area (Å²) in [5.74, 6) is -0.251. The van der Waals surface area contributed by atoms with Gasteiger partial charge in [-0.15, -0.1) is 0 Å². The molecule has 164 valence electrons. The van der Waals surface area contributed by atoms with Crippen molar-refractivity contribution in [3.8, 4) is 0 Å². The number of benzene rings is 2. The van der Waals surface area contributed by atoms with Gasteiger partial charge < -0.3 is 18.9 Å². The van der Waals surface area contributed by atoms with E-state index in [1.54, 1.807) is 24.3 Å². The summed E-state index contributed by atoms with van der Waals surface area (Å²) in [6, 6.07) is 18.1. The first-order valence-electron chi connectivity index (χ1n) is 10.2. The molecule has 2 aromatic rings. The molecule has 0 aliphatic heterocycles. The van der Waals surface area contributed by atoms with Gasteiger partial charge in [0.05, 0.1) is 0 Å². The van der Waals surface area contributed by atoms with E-state index in [1.165, 1.54) is 0 Å². The van der Waals surface area contributed by atoms with Crippen molar-refractivity contribution in [1.82, 2.24) is 0 Å². The molecule has 0 N–H and O–H groups in total. The van der Waals surface area contributed by atoms with Crippen LogP contribution in [0.3, 0.4) is 0 Å². The molecule has 0 bridgehead atoms. The Hall–Kier alpha value is -2.38. The number of Topliss-reactive ketones (excluding diaryl/α,β-unsaturated/α-hetero) is 2. The largest absolute Gasteiger partial charge is 0.346 e. The van der Waals surface area contributed by atoms with Crippen LogP contribution in [0.2, 0.25) is 0 Å². The first-order valence-corrected chi connectivity index (χ1v) is 10.2. The minimum Gasteiger partial charge on any atom is -0.346 e. The zero-order chi connectivity index (χ0) is 22.2. The first-order chi connectivity index (χ1) is 14.6. The molecule has 0 saturated carbocycles. The molecule has 0 unspecified atom stereocenters. The number of hydrogen-bond acceptors (Lipinski definition) is 6. The van der Waals surface area contributed by atoms with Crippen molar-refractivity contribution in [3.63, 3.8) is 0 Å². The maximum absolute atomic E-state index is 11.9. The van der Waals surface area contributed by atoms with Gasteiger partial charge in [-0.2, -0.15) is 0 Å². The van der Waals surface area contributed by atoms with Crippen molar-refractivity contribution in [2.45, 2.75) is 40.3 Å². The molecule has 2 rings (SSSR count). The summed E-state index contributed by atoms with van der Waals surface area (Å²) < 4.78 is 20.9. The van der Waals surface area contributed by atoms with Crippen molar-refractivity contribution in [2.24, 2.45) is 0 Å². The molecule has 30 heavy (non-hydrogen) atoms. The summed E-state index contributed by atoms with van der Waals surface area (Å²) in [4.78, 5) is 23.7. The van der Waals surface area contributed by atoms with E-state index in [1.807, 2.05) is 64.1 Å². The van der Waals surface area contributed by atoms with Crippen molar-refractivity contribution >= 4 is 11.6 Å². The van der Waals surface area contributed by atoms with Crippen LogP contribution < -0.4 is 0 Å². The van der Waals surface area contributed by atoms with Crippen LogP contribution in [0.1, 0.15) is 48.4 Å². The molecule has 0 saturated heterocycles. The second-order valence-corrected chi connectivity index (χ2v) is 5.95. The lowest BCUT2D eigenvalue weighted by Crippen LogP contribution is -2.27. The zero-order valence-electron chi connectivity index (χ0n) is 18.2. The Bertz CT molecular complexity index is 641. The van der Waals surface area contributed by atoms with Crippen molar-refractivity contribution in [2.75, 3.05) is 26.4 Å². The SMILES string of the molecule is CCOC(OCC)C(=O)c1ccccc1.CCOC(OCC)C(=O)c1ccccc1. The average Bonchev–Trinajstić information content (AvgIpc) is 2.79. The highest BCUT2D eigenvalue weighted by atomic mass is 16.7. The number of carbonyl (C=O) groups is 2. The molecular weight excluding hydrogens is 384 g/mol. The average molecular weight is 417 g/mol. The summed E-state index contributed by atoms with van der Waals surface area (Å²) in [7, 11) is 0. The predicted molar refractivity (Wildman–Crippen MR) is 116 cm³/mol. The van der Waals surface area contributed by atoms with Crippen LogP contribution >= 0.6 is 0 Å². The molecule has 0 radical (unpaired) electrons. The highest BCUT2D eigenvalue weighted by Gasteiger charge is 2.20. The van der Waals surface area contributed by atoms with E-state index in [9.17, 15) is 9.59 Å². The lowest BCUT2D eigenvalue weighted by molar-refractivity contribution is -0.107. The molecule has 0 atom stereocenters. The molecule has 0 aliphatic carbocycles. The van der Waals surface area contributed by atoms with E-state index in [2.05, 4.69) is 0 Å². The van der Waals surface area contributed by atoms with Crippen LogP contribution in [-0.2, 0) is 18.9 Å². The molecule has 6 nitrogen and oxygen atoms in total. The quantitative estimate of drug-likeness (QED) is 0.374. The van der Waals surface area contributed by atoms with Crippen LogP contribution in [0, 0.1) is 0 Å². The fraction of sp³-hybridized carbons (Fsp3) is 0.417. The van der Waals surface area contributed by atoms with Crippen molar-refractivity contribution < 1.29 is 28.5 Å². The van der Waals surface area contributed by atoms with Gasteiger partial charge in [0.1, 0.15) is 0 Å². The van der Waals surface area contributed by atoms with Gasteiger partial charge in [0.15, 0.2) is 0 Å². The maximum Gasteiger partial charge on any atom is 0.222 e. The van der Waals surface area contributed by atoms with Crippen molar-refractivity contribution in [3.05, 3.63) is 71.8 Å². The predicted octanol–water partition coefficient (Wildman–Crippen LogP) is 4.54. The van der Waals surface area contributed by atoms with E-state index >= 15 is 0 Å². The smallest absolute Gasteiger partial charge is 0.222 e. The summed E-state index contributed by atoms with van der Waals surface area (Å²) in [6.45, 7) is 9.20. The van der Waals surface area contributed by atoms with Gasteiger partial charge in [-0.3, -0.25) is 9.59 Å². The van der Waals surface area contributed by atoms with Crippen molar-refractivity contribution in [1.29, 1.82) is 0 Å². The molecular formula is C24H32O6. The number of rotatable bonds is 12. The second kappa shape index (κ2) is 15.5. The fourth-order valence-electron chi connectivity index (χ4n) is 2.48. The second-order valence-electron chi connectivity index (χ2n) is 5.95. The molecule has 0 amide bonds. The molecule has 6 heteroatoms. The van der Waals surface area contributed by atoms with E-state index in [-0.39, 0.29) is 11.6 Å². The third-order valence-electron chi connectivity index (χ3n) is 3.82. The van der Waals surface area contributed by atoms with E-state index in [4.69, 9.17) is 18.9 Å². The molecule has 0 aromatic heterocycles. The number of carbonyl (C=O) groups excluding carboxylic acids is 2. The Kier molecular flexibility index (Phi) is 13.2. The van der Waals surface area contributed by atoms with Crippen LogP contribution in [0.15, 0.2) is 60.7 Å². The minimum atomic E-state index is -0.776. The summed E-state index contributed by atoms with van der Waals surface area (Å²) in [5, 5.41) is 0. The third-order valence-corrected chi connectivity index (χ3v) is 3.82. The number of ketones is 2. The van der Waals surface area contributed by atoms with E-state index in [0.717, 1.165) is 0 Å². The van der Waals surface area contributed by atoms with Crippen LogP contribution in [0.5, 0.6) is 0 Å². The van der Waals surface area contributed by atoms with Gasteiger partial charge in [0.2, 0.25) is 24.1 Å². The highest BCUT2D eigenvalue weighted by Crippen LogP contribution is 2.08. The van der Waals surface area contributed by atoms with E-state index in [0.29, 0.717) is 37.6 Å². The topological polar surface area (TPSA) is 71.1 Å². The molecule has 0 aliphatic rings. The minimum absolute atomic E-state index is 0.126. The van der Waals surface area contributed by atoms with E-state index < -0.39 is 12.6 Å². The lowest BCUT2D eigenvalue weighted by Gasteiger charge is -2.15. The third kappa shape index (κ3) is 8.97. The summed E-state index contributed by atoms with van der Waals surface area (Å²) in [6.07, 6.45) is -1.55. The highest BCUT2D eigenvalue weighted by molar-refractivity contribution is 5.99. The van der Waals surface area contributed by atoms with Crippen LogP contribution in [-0.4, -0.2) is 50.6 Å². The molecule has 2 aromatic carbocycles.